The van der Waals surface area contributed by atoms with E-state index < -0.39 is 37.9 Å². The molecule has 0 saturated heterocycles. The second-order valence-electron chi connectivity index (χ2n) is 19.5. The highest BCUT2D eigenvalue weighted by molar-refractivity contribution is 7.46. The number of carbonyl (C=O) groups excluding carboxylic acids is 6. The van der Waals surface area contributed by atoms with Crippen molar-refractivity contribution in [3.05, 3.63) is 122 Å². The summed E-state index contributed by atoms with van der Waals surface area (Å²) in [6.45, 7) is 1.48. The highest BCUT2D eigenvalue weighted by Crippen LogP contribution is 2.47. The summed E-state index contributed by atoms with van der Waals surface area (Å²) in [5, 5.41) is 10.8. The van der Waals surface area contributed by atoms with Crippen molar-refractivity contribution in [2.24, 2.45) is 0 Å². The third-order valence-electron chi connectivity index (χ3n) is 14.2. The lowest BCUT2D eigenvalue weighted by atomic mass is 9.95. The molecule has 0 spiro atoms. The van der Waals surface area contributed by atoms with E-state index in [1.807, 2.05) is 36.4 Å². The molecule has 8 rings (SSSR count). The summed E-state index contributed by atoms with van der Waals surface area (Å²) in [6, 6.07) is 19.6. The van der Waals surface area contributed by atoms with Gasteiger partial charge in [0.1, 0.15) is 24.1 Å². The minimum absolute atomic E-state index is 0.0000291. The highest BCUT2D eigenvalue weighted by Gasteiger charge is 2.39. The van der Waals surface area contributed by atoms with Crippen LogP contribution < -0.4 is 45.4 Å². The number of allylic oxidation sites excluding steroid dienone is 2. The fraction of sp³-hybridized carbons (Fsp3) is 0.368. The van der Waals surface area contributed by atoms with Crippen molar-refractivity contribution in [2.75, 3.05) is 107 Å². The smallest absolute Gasteiger partial charge is 0.445 e. The van der Waals surface area contributed by atoms with E-state index in [0.717, 1.165) is 22.5 Å². The number of hydrogen-bond donors (Lipinski definition) is 5. The molecule has 0 saturated carbocycles. The highest BCUT2D eigenvalue weighted by atomic mass is 35.5. The number of halogens is 2. The van der Waals surface area contributed by atoms with Gasteiger partial charge in [-0.2, -0.15) is 0 Å². The zero-order valence-corrected chi connectivity index (χ0v) is 48.6. The lowest BCUT2D eigenvalue weighted by Crippen LogP contribution is -2.44. The van der Waals surface area contributed by atoms with Crippen LogP contribution in [0, 0.1) is 0 Å². The van der Waals surface area contributed by atoms with Crippen LogP contribution >= 0.6 is 42.4 Å². The Labute approximate surface area is 487 Å². The van der Waals surface area contributed by atoms with Crippen molar-refractivity contribution in [1.29, 1.82) is 0 Å². The van der Waals surface area contributed by atoms with Crippen molar-refractivity contribution in [3.8, 4) is 11.5 Å². The second-order valence-corrected chi connectivity index (χ2v) is 22.3. The van der Waals surface area contributed by atoms with Gasteiger partial charge >= 0.3 is 20.0 Å². The molecule has 5 N–H and O–H groups in total. The number of amides is 6. The molecular weight excluding hydrogens is 1140 g/mol. The Morgan fingerprint density at radius 3 is 2.02 bits per heavy atom. The molecule has 0 bridgehead atoms. The zero-order chi connectivity index (χ0) is 58.5. The number of benzene rings is 4. The van der Waals surface area contributed by atoms with E-state index >= 15 is 0 Å². The number of phosphoric acid groups is 1. The van der Waals surface area contributed by atoms with Gasteiger partial charge in [-0.05, 0) is 84.4 Å². The number of hydrogen-bond acceptors (Lipinski definition) is 14. The van der Waals surface area contributed by atoms with Gasteiger partial charge in [-0.3, -0.25) is 29.0 Å². The SMILES string of the molecule is CNCCCC(NC=O)C(=O)Nc1ccc(COC(=O)N(CCOC)CCN(CCOC)C(=O)Oc2cc3c(c4ccccc24)C(CCl)CN3C(=O)c2ccc(C(=O)N3CC(CCl)c4c3cc(OP(=O)(O)O)c3c4=CC=CCC=3)s2)cc1. The molecule has 3 atom stereocenters. The van der Waals surface area contributed by atoms with Crippen LogP contribution in [-0.4, -0.2) is 154 Å². The van der Waals surface area contributed by atoms with Gasteiger partial charge in [-0.15, -0.1) is 34.5 Å². The molecule has 3 unspecified atom stereocenters. The topological polar surface area (TPSA) is 255 Å². The van der Waals surface area contributed by atoms with Crippen LogP contribution in [0.1, 0.15) is 67.1 Å². The van der Waals surface area contributed by atoms with Crippen LogP contribution in [0.25, 0.3) is 22.9 Å². The molecule has 0 radical (unpaired) electrons. The first-order valence-electron chi connectivity index (χ1n) is 26.4. The van der Waals surface area contributed by atoms with Gasteiger partial charge in [-0.1, -0.05) is 60.7 Å². The summed E-state index contributed by atoms with van der Waals surface area (Å²) in [5.41, 5.74) is 3.50. The van der Waals surface area contributed by atoms with Crippen LogP contribution in [0.2, 0.25) is 0 Å². The van der Waals surface area contributed by atoms with Gasteiger partial charge in [-0.25, -0.2) is 14.2 Å². The quantitative estimate of drug-likeness (QED) is 0.0168. The monoisotopic (exact) mass is 1200 g/mol. The minimum Gasteiger partial charge on any atom is -0.445 e. The molecule has 436 valence electrons. The molecule has 21 nitrogen and oxygen atoms in total. The summed E-state index contributed by atoms with van der Waals surface area (Å²) in [5.74, 6) is -1.50. The summed E-state index contributed by atoms with van der Waals surface area (Å²) in [4.78, 5) is 107. The Kier molecular flexibility index (Phi) is 21.2. The van der Waals surface area contributed by atoms with Gasteiger partial charge in [0.05, 0.1) is 34.3 Å². The maximum atomic E-state index is 14.8. The lowest BCUT2D eigenvalue weighted by Gasteiger charge is -2.27. The number of rotatable bonds is 26. The Morgan fingerprint density at radius 2 is 1.41 bits per heavy atom. The number of phosphoric ester groups is 1. The van der Waals surface area contributed by atoms with Crippen LogP contribution in [0.3, 0.4) is 0 Å². The standard InChI is InChI=1S/C57H64Cl2N7O14PS/c1-60-21-9-14-44(61-35-67)53(68)62-39-17-15-36(16-18-39)34-78-56(71)63(24-26-76-2)22-23-64(25-27-77-3)57(72)79-47-28-45-51(42-13-8-7-11-40(42)47)37(30-58)32-65(45)54(69)49-19-20-50(82-49)55(70)66-33-38(31-59)52-43-12-6-4-5-10-41(43)48(29-46(52)66)80-81(73,74)75/h4,6-8,10-13,15-20,28-29,35,37-38,44,60H,5,9,14,21-27,30-34H2,1-3H3,(H,61,67)(H,62,68)(H2,73,74,75). The summed E-state index contributed by atoms with van der Waals surface area (Å²) in [6.07, 6.45) is 8.02. The minimum atomic E-state index is -5.01. The molecule has 3 aliphatic rings. The molecule has 6 amide bonds. The van der Waals surface area contributed by atoms with E-state index in [-0.39, 0.29) is 110 Å². The molecule has 3 heterocycles. The number of methoxy groups -OCH3 is 2. The molecule has 1 aliphatic carbocycles. The van der Waals surface area contributed by atoms with Crippen molar-refractivity contribution >= 4 is 119 Å². The van der Waals surface area contributed by atoms with Crippen molar-refractivity contribution in [2.45, 2.75) is 43.7 Å². The molecule has 4 aromatic carbocycles. The van der Waals surface area contributed by atoms with Crippen LogP contribution in [0.4, 0.5) is 26.7 Å². The summed E-state index contributed by atoms with van der Waals surface area (Å²) >= 11 is 14.1. The molecule has 2 aliphatic heterocycles. The second kappa shape index (κ2) is 28.4. The maximum Gasteiger partial charge on any atom is 0.524 e. The third kappa shape index (κ3) is 14.5. The number of ether oxygens (including phenoxy) is 4. The van der Waals surface area contributed by atoms with Crippen LogP contribution in [0.5, 0.6) is 11.5 Å². The average molecular weight is 1210 g/mol. The molecular formula is C57H64Cl2N7O14PS. The predicted octanol–water partition coefficient (Wildman–Crippen LogP) is 6.64. The molecule has 0 fully saturated rings. The van der Waals surface area contributed by atoms with Gasteiger partial charge in [0.25, 0.3) is 11.8 Å². The van der Waals surface area contributed by atoms with E-state index in [2.05, 4.69) is 16.0 Å². The normalized spacial score (nSPS) is 15.5. The fourth-order valence-electron chi connectivity index (χ4n) is 10.1. The number of nitrogens with zero attached hydrogens (tertiary/aromatic N) is 4. The van der Waals surface area contributed by atoms with Gasteiger partial charge < -0.3 is 59.0 Å². The summed E-state index contributed by atoms with van der Waals surface area (Å²) in [7, 11) is -0.208. The number of alkyl halides is 2. The zero-order valence-electron chi connectivity index (χ0n) is 45.3. The maximum absolute atomic E-state index is 14.8. The number of carbonyl (C=O) groups is 6. The van der Waals surface area contributed by atoms with Gasteiger partial charge in [0, 0.05) is 106 Å². The molecule has 1 aromatic heterocycles. The lowest BCUT2D eigenvalue weighted by molar-refractivity contribution is -0.121. The van der Waals surface area contributed by atoms with E-state index in [4.69, 9.17) is 46.7 Å². The Hall–Kier alpha value is -6.85. The van der Waals surface area contributed by atoms with E-state index in [1.165, 1.54) is 35.0 Å². The Bertz CT molecular complexity index is 3380. The van der Waals surface area contributed by atoms with Crippen molar-refractivity contribution in [1.82, 2.24) is 20.4 Å². The first-order valence-corrected chi connectivity index (χ1v) is 29.8. The van der Waals surface area contributed by atoms with E-state index in [0.29, 0.717) is 76.1 Å². The number of anilines is 3. The van der Waals surface area contributed by atoms with E-state index in [9.17, 15) is 43.1 Å². The first-order chi connectivity index (χ1) is 39.6. The molecule has 25 heteroatoms. The van der Waals surface area contributed by atoms with Crippen LogP contribution in [0.15, 0.2) is 84.9 Å². The third-order valence-corrected chi connectivity index (χ3v) is 16.4. The summed E-state index contributed by atoms with van der Waals surface area (Å²) < 4.78 is 39.9. The first kappa shape index (κ1) is 61.2. The number of thiophene rings is 1. The molecule has 5 aromatic rings. The average Bonchev–Trinajstić information content (AvgIpc) is 2.60. The van der Waals surface area contributed by atoms with Crippen molar-refractivity contribution < 1.29 is 66.6 Å². The fourth-order valence-corrected chi connectivity index (χ4v) is 12.0. The number of nitrogens with one attached hydrogen (secondary N) is 3. The Morgan fingerprint density at radius 1 is 0.805 bits per heavy atom. The predicted molar refractivity (Wildman–Crippen MR) is 314 cm³/mol. The molecule has 82 heavy (non-hydrogen) atoms. The van der Waals surface area contributed by atoms with E-state index in [1.54, 1.807) is 66.6 Å². The van der Waals surface area contributed by atoms with Crippen molar-refractivity contribution in [3.63, 3.8) is 0 Å². The van der Waals surface area contributed by atoms with Gasteiger partial charge in [0.2, 0.25) is 12.3 Å². The van der Waals surface area contributed by atoms with Crippen LogP contribution in [-0.2, 0) is 35.0 Å². The Balaban J connectivity index is 0.980. The van der Waals surface area contributed by atoms with Gasteiger partial charge in [0.15, 0.2) is 0 Å². The number of fused-ring (bicyclic) bond motifs is 6. The largest absolute Gasteiger partial charge is 0.524 e.